The van der Waals surface area contributed by atoms with E-state index in [4.69, 9.17) is 5.73 Å². The van der Waals surface area contributed by atoms with Crippen LogP contribution in [0, 0.1) is 0 Å². The Hall–Kier alpha value is -1.35. The molecule has 0 spiro atoms. The van der Waals surface area contributed by atoms with Gasteiger partial charge in [0.1, 0.15) is 6.04 Å². The number of benzene rings is 1. The third-order valence-electron chi connectivity index (χ3n) is 2.55. The van der Waals surface area contributed by atoms with E-state index in [1.54, 1.807) is 0 Å². The van der Waals surface area contributed by atoms with Crippen molar-refractivity contribution in [3.63, 3.8) is 0 Å². The summed E-state index contributed by atoms with van der Waals surface area (Å²) in [5.74, 6) is -0.104. The molecule has 0 saturated heterocycles. The van der Waals surface area contributed by atoms with Crippen LogP contribution in [0.4, 0.5) is 0 Å². The Morgan fingerprint density at radius 2 is 2.00 bits per heavy atom. The monoisotopic (exact) mass is 220 g/mol. The zero-order valence-corrected chi connectivity index (χ0v) is 9.94. The number of nitrogens with two attached hydrogens (primary N) is 1. The van der Waals surface area contributed by atoms with Crippen molar-refractivity contribution in [2.24, 2.45) is 5.73 Å². The van der Waals surface area contributed by atoms with Crippen molar-refractivity contribution in [1.82, 2.24) is 5.32 Å². The Morgan fingerprint density at radius 1 is 1.38 bits per heavy atom. The maximum atomic E-state index is 11.8. The van der Waals surface area contributed by atoms with Gasteiger partial charge in [-0.3, -0.25) is 4.79 Å². The summed E-state index contributed by atoms with van der Waals surface area (Å²) in [5.41, 5.74) is 6.72. The van der Waals surface area contributed by atoms with E-state index in [0.717, 1.165) is 18.4 Å². The summed E-state index contributed by atoms with van der Waals surface area (Å²) in [4.78, 5) is 11.8. The van der Waals surface area contributed by atoms with Crippen LogP contribution in [0.1, 0.15) is 38.3 Å². The first kappa shape index (κ1) is 12.7. The van der Waals surface area contributed by atoms with Crippen molar-refractivity contribution in [2.45, 2.75) is 38.8 Å². The molecular formula is C13H20N2O. The van der Waals surface area contributed by atoms with Crippen molar-refractivity contribution < 1.29 is 4.79 Å². The van der Waals surface area contributed by atoms with Crippen LogP contribution in [-0.2, 0) is 4.79 Å². The highest BCUT2D eigenvalue weighted by molar-refractivity contribution is 5.83. The van der Waals surface area contributed by atoms with Gasteiger partial charge < -0.3 is 11.1 Å². The molecule has 88 valence electrons. The molecule has 0 aliphatic heterocycles. The largest absolute Gasteiger partial charge is 0.352 e. The van der Waals surface area contributed by atoms with Gasteiger partial charge in [-0.05, 0) is 18.9 Å². The molecule has 0 heterocycles. The van der Waals surface area contributed by atoms with Crippen molar-refractivity contribution >= 4 is 5.91 Å². The van der Waals surface area contributed by atoms with Gasteiger partial charge in [0.25, 0.3) is 0 Å². The van der Waals surface area contributed by atoms with E-state index in [9.17, 15) is 4.79 Å². The number of carbonyl (C=O) groups excluding carboxylic acids is 1. The lowest BCUT2D eigenvalue weighted by molar-refractivity contribution is -0.123. The molecule has 0 saturated carbocycles. The lowest BCUT2D eigenvalue weighted by Crippen LogP contribution is -2.39. The lowest BCUT2D eigenvalue weighted by Gasteiger charge is -2.17. The molecule has 16 heavy (non-hydrogen) atoms. The lowest BCUT2D eigenvalue weighted by atomic mass is 10.1. The molecule has 0 aromatic heterocycles. The first-order valence-corrected chi connectivity index (χ1v) is 5.76. The summed E-state index contributed by atoms with van der Waals surface area (Å²) in [6.45, 7) is 4.10. The van der Waals surface area contributed by atoms with Gasteiger partial charge >= 0.3 is 0 Å². The predicted molar refractivity (Wildman–Crippen MR) is 65.9 cm³/mol. The van der Waals surface area contributed by atoms with E-state index in [0.29, 0.717) is 0 Å². The zero-order valence-electron chi connectivity index (χ0n) is 9.94. The Morgan fingerprint density at radius 3 is 2.56 bits per heavy atom. The molecule has 1 unspecified atom stereocenters. The van der Waals surface area contributed by atoms with E-state index >= 15 is 0 Å². The van der Waals surface area contributed by atoms with Crippen LogP contribution in [0.5, 0.6) is 0 Å². The van der Waals surface area contributed by atoms with Crippen molar-refractivity contribution in [3.05, 3.63) is 35.9 Å². The van der Waals surface area contributed by atoms with Gasteiger partial charge in [-0.1, -0.05) is 43.7 Å². The molecule has 3 N–H and O–H groups in total. The molecule has 1 aromatic carbocycles. The highest BCUT2D eigenvalue weighted by Gasteiger charge is 2.16. The molecule has 2 atom stereocenters. The zero-order chi connectivity index (χ0) is 12.0. The summed E-state index contributed by atoms with van der Waals surface area (Å²) in [6.07, 6.45) is 2.04. The number of amides is 1. The van der Waals surface area contributed by atoms with Crippen LogP contribution in [0.3, 0.4) is 0 Å². The molecule has 0 aliphatic carbocycles. The van der Waals surface area contributed by atoms with Gasteiger partial charge in [-0.2, -0.15) is 0 Å². The van der Waals surface area contributed by atoms with Gasteiger partial charge in [0.05, 0.1) is 0 Å². The molecule has 3 heteroatoms. The minimum absolute atomic E-state index is 0.104. The molecule has 3 nitrogen and oxygen atoms in total. The van der Waals surface area contributed by atoms with Crippen LogP contribution in [0.2, 0.25) is 0 Å². The average Bonchev–Trinajstić information content (AvgIpc) is 2.29. The fraction of sp³-hybridized carbons (Fsp3) is 0.462. The SMILES string of the molecule is CCCC(C)NC(=O)[C@@H](N)c1ccccc1. The maximum absolute atomic E-state index is 11.8. The average molecular weight is 220 g/mol. The third kappa shape index (κ3) is 3.66. The fourth-order valence-electron chi connectivity index (χ4n) is 1.65. The van der Waals surface area contributed by atoms with Crippen LogP contribution < -0.4 is 11.1 Å². The van der Waals surface area contributed by atoms with E-state index in [2.05, 4.69) is 12.2 Å². The summed E-state index contributed by atoms with van der Waals surface area (Å²) in [6, 6.07) is 9.04. The van der Waals surface area contributed by atoms with Crippen LogP contribution in [0.15, 0.2) is 30.3 Å². The van der Waals surface area contributed by atoms with Crippen molar-refractivity contribution in [2.75, 3.05) is 0 Å². The van der Waals surface area contributed by atoms with E-state index in [1.807, 2.05) is 37.3 Å². The van der Waals surface area contributed by atoms with Crippen LogP contribution in [0.25, 0.3) is 0 Å². The van der Waals surface area contributed by atoms with E-state index in [-0.39, 0.29) is 11.9 Å². The number of carbonyl (C=O) groups is 1. The Bertz CT molecular complexity index is 324. The second-order valence-corrected chi connectivity index (χ2v) is 4.09. The Kier molecular flexibility index (Phi) is 4.99. The minimum Gasteiger partial charge on any atom is -0.352 e. The topological polar surface area (TPSA) is 55.1 Å². The number of hydrogen-bond acceptors (Lipinski definition) is 2. The van der Waals surface area contributed by atoms with Gasteiger partial charge in [-0.25, -0.2) is 0 Å². The highest BCUT2D eigenvalue weighted by atomic mass is 16.2. The molecular weight excluding hydrogens is 200 g/mol. The van der Waals surface area contributed by atoms with Gasteiger partial charge in [0, 0.05) is 6.04 Å². The number of hydrogen-bond donors (Lipinski definition) is 2. The molecule has 0 fully saturated rings. The maximum Gasteiger partial charge on any atom is 0.241 e. The number of nitrogens with one attached hydrogen (secondary N) is 1. The fourth-order valence-corrected chi connectivity index (χ4v) is 1.65. The molecule has 1 aromatic rings. The second-order valence-electron chi connectivity index (χ2n) is 4.09. The van der Waals surface area contributed by atoms with E-state index < -0.39 is 6.04 Å². The van der Waals surface area contributed by atoms with E-state index in [1.165, 1.54) is 0 Å². The van der Waals surface area contributed by atoms with Crippen LogP contribution in [-0.4, -0.2) is 11.9 Å². The minimum atomic E-state index is -0.569. The first-order chi connectivity index (χ1) is 7.65. The smallest absolute Gasteiger partial charge is 0.241 e. The molecule has 1 rings (SSSR count). The summed E-state index contributed by atoms with van der Waals surface area (Å²) in [7, 11) is 0. The highest BCUT2D eigenvalue weighted by Crippen LogP contribution is 2.09. The summed E-state index contributed by atoms with van der Waals surface area (Å²) < 4.78 is 0. The summed E-state index contributed by atoms with van der Waals surface area (Å²) >= 11 is 0. The molecule has 0 radical (unpaired) electrons. The predicted octanol–water partition coefficient (Wildman–Crippen LogP) is 1.99. The molecule has 0 aliphatic rings. The van der Waals surface area contributed by atoms with Gasteiger partial charge in [0.2, 0.25) is 5.91 Å². The standard InChI is InChI=1S/C13H20N2O/c1-3-7-10(2)15-13(16)12(14)11-8-5-4-6-9-11/h4-6,8-10,12H,3,7,14H2,1-2H3,(H,15,16)/t10?,12-/m0/s1. The first-order valence-electron chi connectivity index (χ1n) is 5.76. The molecule has 1 amide bonds. The second kappa shape index (κ2) is 6.28. The van der Waals surface area contributed by atoms with Crippen molar-refractivity contribution in [1.29, 1.82) is 0 Å². The summed E-state index contributed by atoms with van der Waals surface area (Å²) in [5, 5.41) is 2.92. The Balaban J connectivity index is 2.55. The van der Waals surface area contributed by atoms with Crippen molar-refractivity contribution in [3.8, 4) is 0 Å². The van der Waals surface area contributed by atoms with Crippen LogP contribution >= 0.6 is 0 Å². The Labute approximate surface area is 97.0 Å². The van der Waals surface area contributed by atoms with Gasteiger partial charge in [-0.15, -0.1) is 0 Å². The normalized spacial score (nSPS) is 14.2. The quantitative estimate of drug-likeness (QED) is 0.797. The third-order valence-corrected chi connectivity index (χ3v) is 2.55. The van der Waals surface area contributed by atoms with Gasteiger partial charge in [0.15, 0.2) is 0 Å². The number of rotatable bonds is 5. The molecule has 0 bridgehead atoms.